The lowest BCUT2D eigenvalue weighted by Gasteiger charge is -2.21. The van der Waals surface area contributed by atoms with Crippen LogP contribution in [0.25, 0.3) is 16.7 Å². The Kier molecular flexibility index (Phi) is 4.59. The predicted molar refractivity (Wildman–Crippen MR) is 114 cm³/mol. The molecule has 0 radical (unpaired) electrons. The molecular weight excluding hydrogens is 378 g/mol. The van der Waals surface area contributed by atoms with Crippen molar-refractivity contribution < 1.29 is 14.3 Å². The Labute approximate surface area is 174 Å². The highest BCUT2D eigenvalue weighted by Gasteiger charge is 2.18. The van der Waals surface area contributed by atoms with Gasteiger partial charge in [0.15, 0.2) is 11.5 Å². The molecule has 0 N–H and O–H groups in total. The van der Waals surface area contributed by atoms with Crippen molar-refractivity contribution in [3.8, 4) is 17.2 Å². The second kappa shape index (κ2) is 7.55. The van der Waals surface area contributed by atoms with Crippen LogP contribution in [0, 0.1) is 0 Å². The van der Waals surface area contributed by atoms with Crippen LogP contribution in [0.3, 0.4) is 0 Å². The number of carbonyl (C=O) groups excluding carboxylic acids is 1. The van der Waals surface area contributed by atoms with Crippen LogP contribution in [0.4, 0.5) is 0 Å². The number of amides is 1. The number of ether oxygens (including phenoxy) is 2. The van der Waals surface area contributed by atoms with E-state index in [9.17, 15) is 4.79 Å². The Bertz CT molecular complexity index is 1210. The average Bonchev–Trinajstić information content (AvgIpc) is 3.43. The van der Waals surface area contributed by atoms with Gasteiger partial charge in [0, 0.05) is 24.3 Å². The van der Waals surface area contributed by atoms with Crippen LogP contribution in [-0.4, -0.2) is 33.7 Å². The Morgan fingerprint density at radius 3 is 2.67 bits per heavy atom. The van der Waals surface area contributed by atoms with E-state index in [2.05, 4.69) is 4.98 Å². The normalized spacial score (nSPS) is 12.3. The Balaban J connectivity index is 1.36. The average molecular weight is 399 g/mol. The van der Waals surface area contributed by atoms with Crippen molar-refractivity contribution in [2.75, 3.05) is 13.3 Å². The Morgan fingerprint density at radius 2 is 1.83 bits per heavy atom. The molecule has 1 amide bonds. The molecule has 0 bridgehead atoms. The van der Waals surface area contributed by atoms with Gasteiger partial charge in [-0.05, 0) is 61.0 Å². The van der Waals surface area contributed by atoms with E-state index in [0.717, 1.165) is 33.8 Å². The predicted octanol–water partition coefficient (Wildman–Crippen LogP) is 4.42. The van der Waals surface area contributed by atoms with Gasteiger partial charge < -0.3 is 14.4 Å². The van der Waals surface area contributed by atoms with Crippen LogP contribution >= 0.6 is 0 Å². The lowest BCUT2D eigenvalue weighted by atomic mass is 10.1. The van der Waals surface area contributed by atoms with Gasteiger partial charge in [-0.15, -0.1) is 0 Å². The molecule has 2 heterocycles. The molecule has 0 atom stereocenters. The van der Waals surface area contributed by atoms with Gasteiger partial charge in [0.2, 0.25) is 6.79 Å². The van der Waals surface area contributed by atoms with Gasteiger partial charge in [-0.1, -0.05) is 18.2 Å². The first kappa shape index (κ1) is 18.2. The molecule has 6 nitrogen and oxygen atoms in total. The highest BCUT2D eigenvalue weighted by molar-refractivity contribution is 5.94. The summed E-state index contributed by atoms with van der Waals surface area (Å²) in [4.78, 5) is 19.3. The number of benzene rings is 3. The molecular formula is C24H21N3O3. The quantitative estimate of drug-likeness (QED) is 0.499. The molecule has 0 spiro atoms. The summed E-state index contributed by atoms with van der Waals surface area (Å²) in [5, 5.41) is 0. The van der Waals surface area contributed by atoms with E-state index in [1.165, 1.54) is 0 Å². The highest BCUT2D eigenvalue weighted by Crippen LogP contribution is 2.33. The zero-order valence-electron chi connectivity index (χ0n) is 16.6. The molecule has 0 saturated heterocycles. The molecule has 1 aliphatic rings. The van der Waals surface area contributed by atoms with Crippen molar-refractivity contribution in [1.82, 2.24) is 14.5 Å². The van der Waals surface area contributed by atoms with Gasteiger partial charge in [-0.25, -0.2) is 4.98 Å². The third kappa shape index (κ3) is 3.26. The number of carbonyl (C=O) groups is 1. The molecule has 0 unspecified atom stereocenters. The minimum atomic E-state index is -0.00259. The van der Waals surface area contributed by atoms with Crippen LogP contribution in [0.15, 0.2) is 73.1 Å². The summed E-state index contributed by atoms with van der Waals surface area (Å²) in [5.41, 5.74) is 4.62. The van der Waals surface area contributed by atoms with Crippen LogP contribution < -0.4 is 9.47 Å². The van der Waals surface area contributed by atoms with Crippen molar-refractivity contribution >= 4 is 16.9 Å². The smallest absolute Gasteiger partial charge is 0.254 e. The maximum absolute atomic E-state index is 13.1. The van der Waals surface area contributed by atoms with Crippen molar-refractivity contribution in [2.24, 2.45) is 0 Å². The number of hydrogen-bond acceptors (Lipinski definition) is 4. The lowest BCUT2D eigenvalue weighted by molar-refractivity contribution is 0.0752. The van der Waals surface area contributed by atoms with E-state index in [0.29, 0.717) is 18.7 Å². The molecule has 1 aromatic heterocycles. The maximum atomic E-state index is 13.1. The minimum Gasteiger partial charge on any atom is -0.454 e. The fourth-order valence-corrected chi connectivity index (χ4v) is 3.70. The zero-order valence-corrected chi connectivity index (χ0v) is 16.6. The maximum Gasteiger partial charge on any atom is 0.254 e. The minimum absolute atomic E-state index is 0.00259. The first-order chi connectivity index (χ1) is 14.7. The van der Waals surface area contributed by atoms with Gasteiger partial charge in [-0.3, -0.25) is 9.36 Å². The third-order valence-electron chi connectivity index (χ3n) is 5.33. The van der Waals surface area contributed by atoms with E-state index < -0.39 is 0 Å². The summed E-state index contributed by atoms with van der Waals surface area (Å²) in [6.07, 6.45) is 1.81. The number of hydrogen-bond donors (Lipinski definition) is 0. The number of para-hydroxylation sites is 2. The monoisotopic (exact) mass is 399 g/mol. The van der Waals surface area contributed by atoms with Crippen LogP contribution in [0.1, 0.15) is 22.8 Å². The Morgan fingerprint density at radius 1 is 1.03 bits per heavy atom. The molecule has 3 aromatic carbocycles. The molecule has 6 heteroatoms. The van der Waals surface area contributed by atoms with Crippen molar-refractivity contribution in [1.29, 1.82) is 0 Å². The topological polar surface area (TPSA) is 56.6 Å². The van der Waals surface area contributed by atoms with Crippen molar-refractivity contribution in [3.05, 3.63) is 84.2 Å². The Hall–Kier alpha value is -3.80. The van der Waals surface area contributed by atoms with E-state index in [1.807, 2.05) is 83.1 Å². The molecule has 5 rings (SSSR count). The summed E-state index contributed by atoms with van der Waals surface area (Å²) >= 11 is 0. The van der Waals surface area contributed by atoms with Crippen LogP contribution in [0.2, 0.25) is 0 Å². The van der Waals surface area contributed by atoms with E-state index in [1.54, 1.807) is 6.33 Å². The number of fused-ring (bicyclic) bond motifs is 2. The second-order valence-corrected chi connectivity index (χ2v) is 7.16. The summed E-state index contributed by atoms with van der Waals surface area (Å²) in [6, 6.07) is 21.4. The fraction of sp³-hybridized carbons (Fsp3) is 0.167. The summed E-state index contributed by atoms with van der Waals surface area (Å²) in [7, 11) is 0. The number of nitrogens with zero attached hydrogens (tertiary/aromatic N) is 3. The van der Waals surface area contributed by atoms with Gasteiger partial charge in [0.1, 0.15) is 6.33 Å². The molecule has 4 aromatic rings. The second-order valence-electron chi connectivity index (χ2n) is 7.16. The first-order valence-electron chi connectivity index (χ1n) is 9.93. The lowest BCUT2D eigenvalue weighted by Crippen LogP contribution is -2.30. The van der Waals surface area contributed by atoms with Crippen molar-refractivity contribution in [3.63, 3.8) is 0 Å². The van der Waals surface area contributed by atoms with E-state index in [4.69, 9.17) is 9.47 Å². The number of imidazole rings is 1. The number of aromatic nitrogens is 2. The molecule has 1 aliphatic heterocycles. The van der Waals surface area contributed by atoms with Crippen LogP contribution in [-0.2, 0) is 6.54 Å². The van der Waals surface area contributed by atoms with E-state index in [-0.39, 0.29) is 12.7 Å². The molecule has 30 heavy (non-hydrogen) atoms. The van der Waals surface area contributed by atoms with Gasteiger partial charge in [0.25, 0.3) is 5.91 Å². The summed E-state index contributed by atoms with van der Waals surface area (Å²) in [5.74, 6) is 1.47. The largest absolute Gasteiger partial charge is 0.454 e. The zero-order chi connectivity index (χ0) is 20.5. The molecule has 0 aliphatic carbocycles. The number of rotatable bonds is 5. The summed E-state index contributed by atoms with van der Waals surface area (Å²) < 4.78 is 12.8. The highest BCUT2D eigenvalue weighted by atomic mass is 16.7. The fourth-order valence-electron chi connectivity index (χ4n) is 3.70. The third-order valence-corrected chi connectivity index (χ3v) is 5.33. The van der Waals surface area contributed by atoms with E-state index >= 15 is 0 Å². The van der Waals surface area contributed by atoms with Gasteiger partial charge in [0.05, 0.1) is 11.0 Å². The summed E-state index contributed by atoms with van der Waals surface area (Å²) in [6.45, 7) is 3.35. The molecule has 0 fully saturated rings. The van der Waals surface area contributed by atoms with Crippen molar-refractivity contribution in [2.45, 2.75) is 13.5 Å². The van der Waals surface area contributed by atoms with Gasteiger partial charge in [-0.2, -0.15) is 0 Å². The standard InChI is InChI=1S/C24H21N3O3/c1-2-26(14-17-7-12-22-23(13-17)30-16-29-22)24(28)18-8-10-19(11-9-18)27-15-25-20-5-3-4-6-21(20)27/h3-13,15H,2,14,16H2,1H3. The molecule has 0 saturated carbocycles. The SMILES string of the molecule is CCN(Cc1ccc2c(c1)OCO2)C(=O)c1ccc(-n2cnc3ccccc32)cc1. The van der Waals surface area contributed by atoms with Crippen LogP contribution in [0.5, 0.6) is 11.5 Å². The first-order valence-corrected chi connectivity index (χ1v) is 9.93. The van der Waals surface area contributed by atoms with Gasteiger partial charge >= 0.3 is 0 Å². The molecule has 150 valence electrons.